The van der Waals surface area contributed by atoms with E-state index in [1.165, 1.54) is 0 Å². The largest absolute Gasteiger partial charge is 0.465 e. The Balaban J connectivity index is 0.974. The van der Waals surface area contributed by atoms with Crippen LogP contribution in [0.2, 0.25) is 0 Å². The second-order valence-electron chi connectivity index (χ2n) is 14.4. The van der Waals surface area contributed by atoms with Crippen molar-refractivity contribution in [3.05, 3.63) is 72.6 Å². The quantitative estimate of drug-likeness (QED) is 0.136. The van der Waals surface area contributed by atoms with Gasteiger partial charge < -0.3 is 40.2 Å². The first-order chi connectivity index (χ1) is 25.2. The molecular formula is C39H48N8O5. The standard InChI is InChI=1S/C39H48N8O5/c1-24(2)35(45-39(50)51)38(49)47-18-4-6-33(47)37-42-22-31(44-37)28-13-9-26(10-14-28)25-7-11-27(12-8-25)30-21-41-36(43-30)32-5-3-17-46(32)34(48)23-40-29-15-19-52-20-16-29/h7-14,21-22,24,29,32-33,35,40,45H,3-6,15-20,23H2,1-2H3,(H,41,43)(H,42,44)(H,50,51)/t32-,33-,35-/m0/s1. The van der Waals surface area contributed by atoms with Gasteiger partial charge in [0.25, 0.3) is 0 Å². The monoisotopic (exact) mass is 708 g/mol. The molecule has 52 heavy (non-hydrogen) atoms. The van der Waals surface area contributed by atoms with Crippen molar-refractivity contribution in [2.75, 3.05) is 32.8 Å². The van der Waals surface area contributed by atoms with Crippen molar-refractivity contribution in [1.29, 1.82) is 0 Å². The fraction of sp³-hybridized carbons (Fsp3) is 0.462. The normalized spacial score (nSPS) is 20.1. The number of aromatic amines is 2. The fourth-order valence-corrected chi connectivity index (χ4v) is 7.70. The number of aromatic nitrogens is 4. The highest BCUT2D eigenvalue weighted by Gasteiger charge is 2.37. The molecule has 5 N–H and O–H groups in total. The summed E-state index contributed by atoms with van der Waals surface area (Å²) in [5, 5.41) is 15.1. The van der Waals surface area contributed by atoms with Gasteiger partial charge in [-0.1, -0.05) is 62.4 Å². The molecule has 0 bridgehead atoms. The predicted molar refractivity (Wildman–Crippen MR) is 196 cm³/mol. The number of nitrogens with zero attached hydrogens (tertiary/aromatic N) is 4. The molecule has 2 aromatic heterocycles. The summed E-state index contributed by atoms with van der Waals surface area (Å²) in [6, 6.07) is 15.8. The Morgan fingerprint density at radius 2 is 1.29 bits per heavy atom. The van der Waals surface area contributed by atoms with Gasteiger partial charge in [0.2, 0.25) is 11.8 Å². The van der Waals surface area contributed by atoms with Crippen LogP contribution in [-0.2, 0) is 14.3 Å². The summed E-state index contributed by atoms with van der Waals surface area (Å²) < 4.78 is 5.43. The minimum Gasteiger partial charge on any atom is -0.465 e. The van der Waals surface area contributed by atoms with Crippen molar-refractivity contribution in [1.82, 2.24) is 40.4 Å². The van der Waals surface area contributed by atoms with E-state index in [0.29, 0.717) is 25.0 Å². The molecule has 0 unspecified atom stereocenters. The van der Waals surface area contributed by atoms with E-state index in [4.69, 9.17) is 14.7 Å². The van der Waals surface area contributed by atoms with Crippen LogP contribution in [0.3, 0.4) is 0 Å². The van der Waals surface area contributed by atoms with Crippen LogP contribution >= 0.6 is 0 Å². The number of ether oxygens (including phenoxy) is 1. The summed E-state index contributed by atoms with van der Waals surface area (Å²) in [7, 11) is 0. The van der Waals surface area contributed by atoms with Crippen molar-refractivity contribution < 1.29 is 24.2 Å². The van der Waals surface area contributed by atoms with Gasteiger partial charge in [0.05, 0.1) is 30.0 Å². The first kappa shape index (κ1) is 35.4. The molecule has 13 heteroatoms. The summed E-state index contributed by atoms with van der Waals surface area (Å²) in [5.74, 6) is 1.26. The number of H-pyrrole nitrogens is 2. The summed E-state index contributed by atoms with van der Waals surface area (Å²) >= 11 is 0. The molecule has 274 valence electrons. The molecular weight excluding hydrogens is 660 g/mol. The minimum absolute atomic E-state index is 0.0425. The molecule has 3 fully saturated rings. The molecule has 4 aromatic rings. The van der Waals surface area contributed by atoms with E-state index in [2.05, 4.69) is 57.0 Å². The Hall–Kier alpha value is -5.01. The van der Waals surface area contributed by atoms with E-state index in [0.717, 1.165) is 97.7 Å². The molecule has 7 rings (SSSR count). The maximum atomic E-state index is 13.3. The third-order valence-electron chi connectivity index (χ3n) is 10.6. The van der Waals surface area contributed by atoms with Crippen LogP contribution in [0.15, 0.2) is 60.9 Å². The van der Waals surface area contributed by atoms with Crippen LogP contribution < -0.4 is 10.6 Å². The van der Waals surface area contributed by atoms with Gasteiger partial charge in [-0.25, -0.2) is 14.8 Å². The van der Waals surface area contributed by atoms with Crippen molar-refractivity contribution in [2.45, 2.75) is 76.5 Å². The summed E-state index contributed by atoms with van der Waals surface area (Å²) in [4.78, 5) is 57.9. The Labute approximate surface area is 303 Å². The second kappa shape index (κ2) is 15.7. The van der Waals surface area contributed by atoms with Gasteiger partial charge in [0, 0.05) is 55.9 Å². The number of hydrogen-bond donors (Lipinski definition) is 5. The van der Waals surface area contributed by atoms with E-state index in [1.807, 2.05) is 43.3 Å². The lowest BCUT2D eigenvalue weighted by molar-refractivity contribution is -0.135. The molecule has 3 aliphatic rings. The summed E-state index contributed by atoms with van der Waals surface area (Å²) in [5.41, 5.74) is 5.74. The Morgan fingerprint density at radius 1 is 0.788 bits per heavy atom. The highest BCUT2D eigenvalue weighted by atomic mass is 16.5. The van der Waals surface area contributed by atoms with Crippen LogP contribution in [0.5, 0.6) is 0 Å². The highest BCUT2D eigenvalue weighted by molar-refractivity contribution is 5.86. The summed E-state index contributed by atoms with van der Waals surface area (Å²) in [6.45, 7) is 6.83. The number of amides is 3. The van der Waals surface area contributed by atoms with Crippen molar-refractivity contribution in [3.63, 3.8) is 0 Å². The fourth-order valence-electron chi connectivity index (χ4n) is 7.70. The lowest BCUT2D eigenvalue weighted by Gasteiger charge is -2.29. The van der Waals surface area contributed by atoms with Gasteiger partial charge in [-0.2, -0.15) is 0 Å². The third kappa shape index (κ3) is 7.75. The Bertz CT molecular complexity index is 1850. The molecule has 0 saturated carbocycles. The lowest BCUT2D eigenvalue weighted by atomic mass is 10.0. The topological polar surface area (TPSA) is 169 Å². The Morgan fingerprint density at radius 3 is 1.81 bits per heavy atom. The maximum Gasteiger partial charge on any atom is 0.405 e. The van der Waals surface area contributed by atoms with Gasteiger partial charge in [0.15, 0.2) is 0 Å². The van der Waals surface area contributed by atoms with Crippen LogP contribution in [0, 0.1) is 5.92 Å². The molecule has 0 aliphatic carbocycles. The maximum absolute atomic E-state index is 13.3. The second-order valence-corrected chi connectivity index (χ2v) is 14.4. The molecule has 3 aliphatic heterocycles. The van der Waals surface area contributed by atoms with Crippen LogP contribution in [0.25, 0.3) is 33.6 Å². The van der Waals surface area contributed by atoms with Crippen LogP contribution in [-0.4, -0.2) is 97.7 Å². The predicted octanol–water partition coefficient (Wildman–Crippen LogP) is 5.52. The first-order valence-corrected chi connectivity index (χ1v) is 18.5. The highest BCUT2D eigenvalue weighted by Crippen LogP contribution is 2.34. The number of likely N-dealkylation sites (tertiary alicyclic amines) is 2. The number of rotatable bonds is 11. The van der Waals surface area contributed by atoms with Gasteiger partial charge >= 0.3 is 6.09 Å². The van der Waals surface area contributed by atoms with E-state index < -0.39 is 12.1 Å². The van der Waals surface area contributed by atoms with E-state index in [9.17, 15) is 19.5 Å². The van der Waals surface area contributed by atoms with Crippen molar-refractivity contribution in [3.8, 4) is 33.6 Å². The zero-order valence-electron chi connectivity index (χ0n) is 29.8. The van der Waals surface area contributed by atoms with Gasteiger partial charge in [-0.05, 0) is 55.6 Å². The molecule has 3 atom stereocenters. The molecule has 3 saturated heterocycles. The molecule has 2 aromatic carbocycles. The summed E-state index contributed by atoms with van der Waals surface area (Å²) in [6.07, 6.45) is 7.92. The average Bonchev–Trinajstić information content (AvgIpc) is 3.99. The van der Waals surface area contributed by atoms with Crippen LogP contribution in [0.1, 0.15) is 76.1 Å². The third-order valence-corrected chi connectivity index (χ3v) is 10.6. The average molecular weight is 709 g/mol. The number of benzene rings is 2. The van der Waals surface area contributed by atoms with E-state index in [1.54, 1.807) is 4.90 Å². The smallest absolute Gasteiger partial charge is 0.405 e. The minimum atomic E-state index is -1.20. The zero-order chi connectivity index (χ0) is 36.2. The Kier molecular flexibility index (Phi) is 10.7. The van der Waals surface area contributed by atoms with Crippen molar-refractivity contribution in [2.24, 2.45) is 5.92 Å². The van der Waals surface area contributed by atoms with Crippen molar-refractivity contribution >= 4 is 17.9 Å². The first-order valence-electron chi connectivity index (χ1n) is 18.5. The van der Waals surface area contributed by atoms with Gasteiger partial charge in [-0.3, -0.25) is 9.59 Å². The molecule has 5 heterocycles. The number of nitrogens with one attached hydrogen (secondary N) is 4. The van der Waals surface area contributed by atoms with E-state index in [-0.39, 0.29) is 29.8 Å². The van der Waals surface area contributed by atoms with Crippen LogP contribution in [0.4, 0.5) is 4.79 Å². The lowest BCUT2D eigenvalue weighted by Crippen LogP contribution is -2.50. The SMILES string of the molecule is CC(C)[C@H](NC(=O)O)C(=O)N1CCC[C@H]1c1nc(-c2ccc(-c3ccc(-c4c[nH]c([C@@H]5CCCN5C(=O)CNC5CCOCC5)n4)cc3)cc2)c[nH]1. The number of carbonyl (C=O) groups is 3. The molecule has 0 spiro atoms. The van der Waals surface area contributed by atoms with Gasteiger partial charge in [0.1, 0.15) is 17.7 Å². The number of imidazole rings is 2. The molecule has 3 amide bonds. The number of carboxylic acid groups (broad SMARTS) is 1. The van der Waals surface area contributed by atoms with E-state index >= 15 is 0 Å². The molecule has 0 radical (unpaired) electrons. The zero-order valence-corrected chi connectivity index (χ0v) is 29.8. The number of carbonyl (C=O) groups excluding carboxylic acids is 2. The van der Waals surface area contributed by atoms with Gasteiger partial charge in [-0.15, -0.1) is 0 Å². The molecule has 13 nitrogen and oxygen atoms in total. The number of hydrogen-bond acceptors (Lipinski definition) is 7.